The maximum absolute atomic E-state index is 12.8. The maximum atomic E-state index is 12.8. The van der Waals surface area contributed by atoms with Crippen LogP contribution >= 0.6 is 0 Å². The molecule has 0 aliphatic rings. The van der Waals surface area contributed by atoms with E-state index in [0.717, 1.165) is 70.6 Å². The predicted octanol–water partition coefficient (Wildman–Crippen LogP) is 18.1. The van der Waals surface area contributed by atoms with Gasteiger partial charge < -0.3 is 14.2 Å². The lowest BCUT2D eigenvalue weighted by molar-refractivity contribution is -0.167. The van der Waals surface area contributed by atoms with Crippen LogP contribution in [-0.4, -0.2) is 37.2 Å². The van der Waals surface area contributed by atoms with Gasteiger partial charge in [0.2, 0.25) is 0 Å². The van der Waals surface area contributed by atoms with Crippen molar-refractivity contribution in [1.82, 2.24) is 0 Å². The third-order valence-corrected chi connectivity index (χ3v) is 12.1. The molecule has 0 saturated heterocycles. The lowest BCUT2D eigenvalue weighted by Gasteiger charge is -2.18. The molecule has 0 aromatic carbocycles. The first-order chi connectivity index (χ1) is 31.0. The van der Waals surface area contributed by atoms with Gasteiger partial charge in [0.25, 0.3) is 0 Å². The van der Waals surface area contributed by atoms with Crippen LogP contribution in [0.1, 0.15) is 290 Å². The predicted molar refractivity (Wildman–Crippen MR) is 270 cm³/mol. The number of carbonyl (C=O) groups is 3. The average Bonchev–Trinajstić information content (AvgIpc) is 3.28. The number of esters is 3. The Morgan fingerprint density at radius 1 is 0.317 bits per heavy atom. The van der Waals surface area contributed by atoms with Crippen LogP contribution in [-0.2, 0) is 28.6 Å². The summed E-state index contributed by atoms with van der Waals surface area (Å²) in [6.07, 6.45) is 61.2. The topological polar surface area (TPSA) is 78.9 Å². The van der Waals surface area contributed by atoms with E-state index < -0.39 is 6.10 Å². The molecule has 0 aliphatic carbocycles. The first kappa shape index (κ1) is 60.6. The minimum absolute atomic E-state index is 0.0733. The molecule has 0 aromatic heterocycles. The Morgan fingerprint density at radius 2 is 0.571 bits per heavy atom. The van der Waals surface area contributed by atoms with E-state index in [9.17, 15) is 14.4 Å². The van der Waals surface area contributed by atoms with Crippen LogP contribution in [0.2, 0.25) is 0 Å². The van der Waals surface area contributed by atoms with Crippen molar-refractivity contribution in [3.8, 4) is 0 Å². The Hall–Kier alpha value is -2.37. The van der Waals surface area contributed by atoms with Crippen LogP contribution in [0, 0.1) is 0 Å². The van der Waals surface area contributed by atoms with Gasteiger partial charge >= 0.3 is 17.9 Å². The van der Waals surface area contributed by atoms with E-state index in [-0.39, 0.29) is 31.1 Å². The molecule has 0 N–H and O–H groups in total. The molecule has 0 amide bonds. The van der Waals surface area contributed by atoms with Crippen molar-refractivity contribution < 1.29 is 28.6 Å². The fourth-order valence-electron chi connectivity index (χ4n) is 7.94. The fraction of sp³-hybridized carbons (Fsp3) is 0.842. The third-order valence-electron chi connectivity index (χ3n) is 12.1. The summed E-state index contributed by atoms with van der Waals surface area (Å²) in [5, 5.41) is 0. The molecule has 0 fully saturated rings. The average molecular weight is 885 g/mol. The molecule has 0 aromatic rings. The summed E-state index contributed by atoms with van der Waals surface area (Å²) >= 11 is 0. The molecule has 0 aliphatic heterocycles. The number of hydrogen-bond donors (Lipinski definition) is 0. The molecule has 0 heterocycles. The number of allylic oxidation sites excluding steroid dienone is 6. The van der Waals surface area contributed by atoms with Gasteiger partial charge in [-0.3, -0.25) is 14.4 Å². The molecule has 368 valence electrons. The van der Waals surface area contributed by atoms with Gasteiger partial charge in [-0.25, -0.2) is 0 Å². The van der Waals surface area contributed by atoms with Crippen molar-refractivity contribution in [2.75, 3.05) is 13.2 Å². The van der Waals surface area contributed by atoms with E-state index in [1.165, 1.54) is 180 Å². The molecule has 63 heavy (non-hydrogen) atoms. The summed E-state index contributed by atoms with van der Waals surface area (Å²) in [5.41, 5.74) is 0. The van der Waals surface area contributed by atoms with Crippen LogP contribution in [0.3, 0.4) is 0 Å². The van der Waals surface area contributed by atoms with E-state index in [2.05, 4.69) is 57.2 Å². The molecular formula is C57H104O6. The molecular weight excluding hydrogens is 781 g/mol. The zero-order chi connectivity index (χ0) is 45.8. The van der Waals surface area contributed by atoms with E-state index in [1.807, 2.05) is 0 Å². The van der Waals surface area contributed by atoms with Gasteiger partial charge in [-0.1, -0.05) is 231 Å². The monoisotopic (exact) mass is 885 g/mol. The molecule has 0 unspecified atom stereocenters. The largest absolute Gasteiger partial charge is 0.462 e. The lowest BCUT2D eigenvalue weighted by atomic mass is 10.1. The van der Waals surface area contributed by atoms with Crippen molar-refractivity contribution in [2.45, 2.75) is 297 Å². The zero-order valence-corrected chi connectivity index (χ0v) is 42.1. The summed E-state index contributed by atoms with van der Waals surface area (Å²) in [7, 11) is 0. The summed E-state index contributed by atoms with van der Waals surface area (Å²) < 4.78 is 16.8. The number of carbonyl (C=O) groups excluding carboxylic acids is 3. The van der Waals surface area contributed by atoms with Crippen molar-refractivity contribution >= 4 is 17.9 Å². The van der Waals surface area contributed by atoms with Crippen molar-refractivity contribution in [1.29, 1.82) is 0 Å². The Balaban J connectivity index is 4.34. The van der Waals surface area contributed by atoms with E-state index in [4.69, 9.17) is 14.2 Å². The van der Waals surface area contributed by atoms with Gasteiger partial charge in [-0.2, -0.15) is 0 Å². The van der Waals surface area contributed by atoms with Crippen LogP contribution < -0.4 is 0 Å². The number of hydrogen-bond acceptors (Lipinski definition) is 6. The first-order valence-corrected chi connectivity index (χ1v) is 27.5. The fourth-order valence-corrected chi connectivity index (χ4v) is 7.94. The van der Waals surface area contributed by atoms with Gasteiger partial charge in [0.05, 0.1) is 0 Å². The molecule has 0 rings (SSSR count). The molecule has 0 bridgehead atoms. The Labute approximate surface area is 391 Å². The summed E-state index contributed by atoms with van der Waals surface area (Å²) in [5.74, 6) is -0.874. The molecule has 1 atom stereocenters. The first-order valence-electron chi connectivity index (χ1n) is 27.5. The van der Waals surface area contributed by atoms with Crippen LogP contribution in [0.25, 0.3) is 0 Å². The van der Waals surface area contributed by atoms with E-state index >= 15 is 0 Å². The molecule has 0 saturated carbocycles. The SMILES string of the molecule is CCCCC/C=C\C/C=C\CCCCCCCCCC(=O)OC[C@@H](COC(=O)CCCCCCCCCCCCC)OC(=O)CCCCCCCCC/C=C\CCCCCCCC. The second-order valence-electron chi connectivity index (χ2n) is 18.5. The van der Waals surface area contributed by atoms with Crippen LogP contribution in [0.5, 0.6) is 0 Å². The third kappa shape index (κ3) is 50.5. The molecule has 0 radical (unpaired) electrons. The van der Waals surface area contributed by atoms with Gasteiger partial charge in [0.1, 0.15) is 13.2 Å². The van der Waals surface area contributed by atoms with Crippen molar-refractivity contribution in [2.24, 2.45) is 0 Å². The highest BCUT2D eigenvalue weighted by Crippen LogP contribution is 2.15. The van der Waals surface area contributed by atoms with Crippen molar-refractivity contribution in [3.63, 3.8) is 0 Å². The summed E-state index contributed by atoms with van der Waals surface area (Å²) in [6.45, 7) is 6.62. The Morgan fingerprint density at radius 3 is 0.921 bits per heavy atom. The Kier molecular flexibility index (Phi) is 50.3. The second-order valence-corrected chi connectivity index (χ2v) is 18.5. The number of unbranched alkanes of at least 4 members (excludes halogenated alkanes) is 33. The second kappa shape index (κ2) is 52.3. The highest BCUT2D eigenvalue weighted by atomic mass is 16.6. The minimum atomic E-state index is -0.774. The summed E-state index contributed by atoms with van der Waals surface area (Å²) in [4.78, 5) is 38.0. The Bertz CT molecular complexity index is 1060. The normalized spacial score (nSPS) is 12.2. The zero-order valence-electron chi connectivity index (χ0n) is 42.1. The van der Waals surface area contributed by atoms with Crippen LogP contribution in [0.4, 0.5) is 0 Å². The highest BCUT2D eigenvalue weighted by Gasteiger charge is 2.19. The molecule has 6 nitrogen and oxygen atoms in total. The lowest BCUT2D eigenvalue weighted by Crippen LogP contribution is -2.30. The van der Waals surface area contributed by atoms with Gasteiger partial charge in [-0.05, 0) is 77.0 Å². The highest BCUT2D eigenvalue weighted by molar-refractivity contribution is 5.71. The molecule has 6 heteroatoms. The number of rotatable bonds is 50. The maximum Gasteiger partial charge on any atom is 0.306 e. The molecule has 0 spiro atoms. The van der Waals surface area contributed by atoms with E-state index in [0.29, 0.717) is 19.3 Å². The quantitative estimate of drug-likeness (QED) is 0.0262. The van der Waals surface area contributed by atoms with Gasteiger partial charge in [0.15, 0.2) is 6.10 Å². The van der Waals surface area contributed by atoms with E-state index in [1.54, 1.807) is 0 Å². The standard InChI is InChI=1S/C57H104O6/c1-4-7-10-13-16-19-22-24-26-28-30-32-35-38-41-44-47-50-56(59)62-53-54(52-61-55(58)49-46-43-40-37-34-21-18-15-12-9-6-3)63-57(60)51-48-45-42-39-36-33-31-29-27-25-23-20-17-14-11-8-5-2/h16,19,24-27,54H,4-15,17-18,20-23,28-53H2,1-3H3/b19-16-,26-24-,27-25-/t54-/m1/s1. The van der Waals surface area contributed by atoms with Crippen molar-refractivity contribution in [3.05, 3.63) is 36.5 Å². The van der Waals surface area contributed by atoms with Gasteiger partial charge in [-0.15, -0.1) is 0 Å². The van der Waals surface area contributed by atoms with Crippen LogP contribution in [0.15, 0.2) is 36.5 Å². The minimum Gasteiger partial charge on any atom is -0.462 e. The summed E-state index contributed by atoms with van der Waals surface area (Å²) in [6, 6.07) is 0. The van der Waals surface area contributed by atoms with Gasteiger partial charge in [0, 0.05) is 19.3 Å². The smallest absolute Gasteiger partial charge is 0.306 e. The number of ether oxygens (including phenoxy) is 3.